The molecule has 1 unspecified atom stereocenters. The number of benzene rings is 1. The monoisotopic (exact) mass is 269 g/mol. The van der Waals surface area contributed by atoms with Crippen LogP contribution in [0.2, 0.25) is 0 Å². The van der Waals surface area contributed by atoms with Gasteiger partial charge in [-0.05, 0) is 38.1 Å². The second-order valence-electron chi connectivity index (χ2n) is 3.64. The first-order chi connectivity index (χ1) is 7.13. The Morgan fingerprint density at radius 2 is 2.27 bits per heavy atom. The molecule has 15 heavy (non-hydrogen) atoms. The van der Waals surface area contributed by atoms with Crippen molar-refractivity contribution in [2.45, 2.75) is 25.8 Å². The van der Waals surface area contributed by atoms with Crippen molar-refractivity contribution in [3.8, 4) is 0 Å². The number of ketones is 1. The Hall–Kier alpha value is -0.670. The van der Waals surface area contributed by atoms with Crippen LogP contribution >= 0.6 is 15.9 Å². The standard InChI is InChI=1S/C12H16BrNO/c1-9(15)6-7-12(14-2)10-4-3-5-11(13)8-10/h3-5,8,12,14H,6-7H2,1-2H3. The number of carbonyl (C=O) groups excluding carboxylic acids is 1. The molecule has 0 amide bonds. The zero-order valence-corrected chi connectivity index (χ0v) is 10.7. The number of hydrogen-bond acceptors (Lipinski definition) is 2. The van der Waals surface area contributed by atoms with Crippen LogP contribution in [0, 0.1) is 0 Å². The van der Waals surface area contributed by atoms with E-state index in [1.807, 2.05) is 19.2 Å². The highest BCUT2D eigenvalue weighted by molar-refractivity contribution is 9.10. The summed E-state index contributed by atoms with van der Waals surface area (Å²) in [7, 11) is 1.92. The van der Waals surface area contributed by atoms with Gasteiger partial charge in [0, 0.05) is 16.9 Å². The normalized spacial score (nSPS) is 12.5. The molecule has 1 rings (SSSR count). The molecule has 0 aliphatic rings. The maximum Gasteiger partial charge on any atom is 0.129 e. The maximum atomic E-state index is 10.9. The van der Waals surface area contributed by atoms with Gasteiger partial charge in [-0.1, -0.05) is 28.1 Å². The summed E-state index contributed by atoms with van der Waals surface area (Å²) in [5, 5.41) is 3.23. The molecule has 0 spiro atoms. The van der Waals surface area contributed by atoms with Gasteiger partial charge in [0.2, 0.25) is 0 Å². The zero-order chi connectivity index (χ0) is 11.3. The lowest BCUT2D eigenvalue weighted by molar-refractivity contribution is -0.117. The van der Waals surface area contributed by atoms with E-state index in [2.05, 4.69) is 33.4 Å². The van der Waals surface area contributed by atoms with Gasteiger partial charge < -0.3 is 10.1 Å². The minimum absolute atomic E-state index is 0.241. The largest absolute Gasteiger partial charge is 0.313 e. The molecule has 82 valence electrons. The SMILES string of the molecule is CNC(CCC(C)=O)c1cccc(Br)c1. The van der Waals surface area contributed by atoms with Crippen LogP contribution in [-0.4, -0.2) is 12.8 Å². The van der Waals surface area contributed by atoms with Gasteiger partial charge in [0.1, 0.15) is 5.78 Å². The predicted octanol–water partition coefficient (Wildman–Crippen LogP) is 3.08. The number of halogens is 1. The highest BCUT2D eigenvalue weighted by Gasteiger charge is 2.09. The van der Waals surface area contributed by atoms with Gasteiger partial charge in [0.25, 0.3) is 0 Å². The summed E-state index contributed by atoms with van der Waals surface area (Å²) in [4.78, 5) is 10.9. The second-order valence-corrected chi connectivity index (χ2v) is 4.55. The fourth-order valence-electron chi connectivity index (χ4n) is 1.55. The number of carbonyl (C=O) groups is 1. The smallest absolute Gasteiger partial charge is 0.129 e. The van der Waals surface area contributed by atoms with Gasteiger partial charge in [0.15, 0.2) is 0 Å². The minimum atomic E-state index is 0.241. The van der Waals surface area contributed by atoms with Gasteiger partial charge in [0.05, 0.1) is 0 Å². The van der Waals surface area contributed by atoms with E-state index >= 15 is 0 Å². The van der Waals surface area contributed by atoms with Crippen molar-refractivity contribution in [2.24, 2.45) is 0 Å². The first kappa shape index (κ1) is 12.4. The van der Waals surface area contributed by atoms with Gasteiger partial charge >= 0.3 is 0 Å². The van der Waals surface area contributed by atoms with Crippen LogP contribution in [0.25, 0.3) is 0 Å². The Morgan fingerprint density at radius 1 is 1.53 bits per heavy atom. The van der Waals surface area contributed by atoms with E-state index in [1.54, 1.807) is 6.92 Å². The third-order valence-electron chi connectivity index (χ3n) is 2.38. The van der Waals surface area contributed by atoms with E-state index in [-0.39, 0.29) is 11.8 Å². The first-order valence-corrected chi connectivity index (χ1v) is 5.85. The number of hydrogen-bond donors (Lipinski definition) is 1. The topological polar surface area (TPSA) is 29.1 Å². The molecular weight excluding hydrogens is 254 g/mol. The summed E-state index contributed by atoms with van der Waals surface area (Å²) < 4.78 is 1.07. The van der Waals surface area contributed by atoms with Crippen LogP contribution in [0.3, 0.4) is 0 Å². The van der Waals surface area contributed by atoms with Crippen LogP contribution in [0.1, 0.15) is 31.4 Å². The average molecular weight is 270 g/mol. The third-order valence-corrected chi connectivity index (χ3v) is 2.88. The Morgan fingerprint density at radius 3 is 2.80 bits per heavy atom. The van der Waals surface area contributed by atoms with Crippen molar-refractivity contribution in [3.63, 3.8) is 0 Å². The lowest BCUT2D eigenvalue weighted by atomic mass is 10.0. The molecule has 1 atom stereocenters. The van der Waals surface area contributed by atoms with Crippen molar-refractivity contribution < 1.29 is 4.79 Å². The maximum absolute atomic E-state index is 10.9. The summed E-state index contributed by atoms with van der Waals surface area (Å²) in [6.07, 6.45) is 1.47. The Balaban J connectivity index is 2.69. The van der Waals surface area contributed by atoms with E-state index in [9.17, 15) is 4.79 Å². The summed E-state index contributed by atoms with van der Waals surface area (Å²) in [6, 6.07) is 8.43. The molecule has 0 saturated heterocycles. The molecule has 0 aliphatic heterocycles. The molecule has 0 fully saturated rings. The van der Waals surface area contributed by atoms with Gasteiger partial charge in [-0.15, -0.1) is 0 Å². The summed E-state index contributed by atoms with van der Waals surface area (Å²) in [6.45, 7) is 1.63. The quantitative estimate of drug-likeness (QED) is 0.890. The molecule has 1 aromatic carbocycles. The van der Waals surface area contributed by atoms with E-state index in [0.29, 0.717) is 6.42 Å². The third kappa shape index (κ3) is 4.14. The van der Waals surface area contributed by atoms with Crippen LogP contribution in [-0.2, 0) is 4.79 Å². The summed E-state index contributed by atoms with van der Waals surface area (Å²) in [5.41, 5.74) is 1.22. The van der Waals surface area contributed by atoms with Crippen LogP contribution < -0.4 is 5.32 Å². The van der Waals surface area contributed by atoms with Crippen LogP contribution in [0.4, 0.5) is 0 Å². The fourth-order valence-corrected chi connectivity index (χ4v) is 1.97. The molecule has 0 aliphatic carbocycles. The highest BCUT2D eigenvalue weighted by Crippen LogP contribution is 2.21. The van der Waals surface area contributed by atoms with Gasteiger partial charge in [-0.2, -0.15) is 0 Å². The number of nitrogens with one attached hydrogen (secondary N) is 1. The molecular formula is C12H16BrNO. The molecule has 3 heteroatoms. The Bertz CT molecular complexity index is 338. The summed E-state index contributed by atoms with van der Waals surface area (Å²) in [5.74, 6) is 0.241. The highest BCUT2D eigenvalue weighted by atomic mass is 79.9. The molecule has 0 heterocycles. The molecule has 0 bridgehead atoms. The van der Waals surface area contributed by atoms with E-state index in [4.69, 9.17) is 0 Å². The number of Topliss-reactive ketones (excluding diaryl/α,β-unsaturated/α-hetero) is 1. The van der Waals surface area contributed by atoms with Gasteiger partial charge in [-0.25, -0.2) is 0 Å². The molecule has 1 N–H and O–H groups in total. The van der Waals surface area contributed by atoms with Crippen molar-refractivity contribution in [2.75, 3.05) is 7.05 Å². The van der Waals surface area contributed by atoms with Crippen molar-refractivity contribution >= 4 is 21.7 Å². The van der Waals surface area contributed by atoms with Crippen molar-refractivity contribution in [1.29, 1.82) is 0 Å². The second kappa shape index (κ2) is 6.03. The fraction of sp³-hybridized carbons (Fsp3) is 0.417. The summed E-state index contributed by atoms with van der Waals surface area (Å²) >= 11 is 3.44. The van der Waals surface area contributed by atoms with Crippen LogP contribution in [0.5, 0.6) is 0 Å². The van der Waals surface area contributed by atoms with E-state index in [0.717, 1.165) is 10.9 Å². The molecule has 0 saturated carbocycles. The van der Waals surface area contributed by atoms with Crippen molar-refractivity contribution in [1.82, 2.24) is 5.32 Å². The molecule has 2 nitrogen and oxygen atoms in total. The zero-order valence-electron chi connectivity index (χ0n) is 9.09. The van der Waals surface area contributed by atoms with E-state index < -0.39 is 0 Å². The Kier molecular flexibility index (Phi) is 4.99. The number of rotatable bonds is 5. The molecule has 0 radical (unpaired) electrons. The Labute approximate surface area is 99.2 Å². The van der Waals surface area contributed by atoms with E-state index in [1.165, 1.54) is 5.56 Å². The average Bonchev–Trinajstić information content (AvgIpc) is 2.18. The van der Waals surface area contributed by atoms with Crippen molar-refractivity contribution in [3.05, 3.63) is 34.3 Å². The molecule has 0 aromatic heterocycles. The predicted molar refractivity (Wildman–Crippen MR) is 65.9 cm³/mol. The first-order valence-electron chi connectivity index (χ1n) is 5.05. The lowest BCUT2D eigenvalue weighted by Gasteiger charge is -2.16. The molecule has 1 aromatic rings. The van der Waals surface area contributed by atoms with Crippen LogP contribution in [0.15, 0.2) is 28.7 Å². The van der Waals surface area contributed by atoms with Gasteiger partial charge in [-0.3, -0.25) is 0 Å². The minimum Gasteiger partial charge on any atom is -0.313 e. The lowest BCUT2D eigenvalue weighted by Crippen LogP contribution is -2.17.